The topological polar surface area (TPSA) is 54.6 Å². The summed E-state index contributed by atoms with van der Waals surface area (Å²) in [6.45, 7) is 0. The highest BCUT2D eigenvalue weighted by atomic mass is 127. The van der Waals surface area contributed by atoms with Crippen molar-refractivity contribution in [3.63, 3.8) is 0 Å². The Bertz CT molecular complexity index is 995. The third-order valence-electron chi connectivity index (χ3n) is 3.76. The van der Waals surface area contributed by atoms with Crippen LogP contribution >= 0.6 is 22.6 Å². The zero-order chi connectivity index (χ0) is 20.1. The Hall–Kier alpha value is -2.62. The first kappa shape index (κ1) is 20.1. The Balaban J connectivity index is 1.58. The molecule has 144 valence electrons. The highest BCUT2D eigenvalue weighted by molar-refractivity contribution is 14.1. The van der Waals surface area contributed by atoms with E-state index in [1.807, 2.05) is 24.3 Å². The van der Waals surface area contributed by atoms with Crippen molar-refractivity contribution in [3.8, 4) is 11.3 Å². The first-order valence-electron chi connectivity index (χ1n) is 8.15. The second-order valence-electron chi connectivity index (χ2n) is 5.88. The molecule has 3 aromatic rings. The number of carbonyl (C=O) groups excluding carboxylic acids is 1. The molecule has 0 aliphatic heterocycles. The van der Waals surface area contributed by atoms with Gasteiger partial charge in [0, 0.05) is 9.13 Å². The number of halogens is 4. The van der Waals surface area contributed by atoms with Crippen LogP contribution in [0.15, 0.2) is 70.2 Å². The van der Waals surface area contributed by atoms with Crippen molar-refractivity contribution in [2.45, 2.75) is 12.6 Å². The number of nitrogens with one attached hydrogen (secondary N) is 1. The summed E-state index contributed by atoms with van der Waals surface area (Å²) in [6, 6.07) is 15.9. The fourth-order valence-corrected chi connectivity index (χ4v) is 2.80. The van der Waals surface area contributed by atoms with E-state index in [1.54, 1.807) is 12.1 Å². The third kappa shape index (κ3) is 5.44. The number of benzene rings is 2. The molecular weight excluding hydrogens is 484 g/mol. The van der Waals surface area contributed by atoms with Gasteiger partial charge < -0.3 is 4.42 Å². The van der Waals surface area contributed by atoms with E-state index in [-0.39, 0.29) is 12.0 Å². The predicted octanol–water partition coefficient (Wildman–Crippen LogP) is 5.26. The van der Waals surface area contributed by atoms with Crippen LogP contribution in [0, 0.1) is 3.57 Å². The summed E-state index contributed by atoms with van der Waals surface area (Å²) in [5, 5.41) is 3.79. The molecule has 0 aliphatic carbocycles. The van der Waals surface area contributed by atoms with Gasteiger partial charge in [-0.25, -0.2) is 5.43 Å². The van der Waals surface area contributed by atoms with E-state index in [0.717, 1.165) is 21.3 Å². The number of hydrogen-bond acceptors (Lipinski definition) is 3. The van der Waals surface area contributed by atoms with Gasteiger partial charge in [-0.3, -0.25) is 4.79 Å². The van der Waals surface area contributed by atoms with E-state index in [9.17, 15) is 18.0 Å². The second-order valence-corrected chi connectivity index (χ2v) is 7.12. The third-order valence-corrected chi connectivity index (χ3v) is 4.47. The molecule has 0 aliphatic rings. The maximum Gasteiger partial charge on any atom is 0.416 e. The van der Waals surface area contributed by atoms with Crippen molar-refractivity contribution in [1.82, 2.24) is 5.43 Å². The van der Waals surface area contributed by atoms with E-state index in [2.05, 4.69) is 33.1 Å². The first-order valence-corrected chi connectivity index (χ1v) is 9.23. The molecule has 1 heterocycles. The molecule has 2 aromatic carbocycles. The van der Waals surface area contributed by atoms with Gasteiger partial charge in [0.25, 0.3) is 0 Å². The molecular formula is C20H14F3IN2O2. The van der Waals surface area contributed by atoms with Crippen molar-refractivity contribution in [2.24, 2.45) is 5.10 Å². The molecule has 0 bridgehead atoms. The number of carbonyl (C=O) groups is 1. The highest BCUT2D eigenvalue weighted by Crippen LogP contribution is 2.29. The summed E-state index contributed by atoms with van der Waals surface area (Å²) in [5.74, 6) is 0.570. The monoisotopic (exact) mass is 498 g/mol. The summed E-state index contributed by atoms with van der Waals surface area (Å²) in [5.41, 5.74) is 2.65. The number of amides is 1. The van der Waals surface area contributed by atoms with E-state index < -0.39 is 17.6 Å². The lowest BCUT2D eigenvalue weighted by Crippen LogP contribution is -2.20. The molecule has 1 amide bonds. The molecule has 1 N–H and O–H groups in total. The first-order chi connectivity index (χ1) is 13.3. The van der Waals surface area contributed by atoms with E-state index in [4.69, 9.17) is 4.42 Å². The lowest BCUT2D eigenvalue weighted by atomic mass is 10.1. The lowest BCUT2D eigenvalue weighted by Gasteiger charge is -2.08. The smallest absolute Gasteiger partial charge is 0.416 e. The molecule has 28 heavy (non-hydrogen) atoms. The minimum Gasteiger partial charge on any atom is -0.455 e. The molecule has 0 radical (unpaired) electrons. The highest BCUT2D eigenvalue weighted by Gasteiger charge is 2.30. The predicted molar refractivity (Wildman–Crippen MR) is 108 cm³/mol. The molecule has 0 spiro atoms. The van der Waals surface area contributed by atoms with Gasteiger partial charge in [-0.1, -0.05) is 30.3 Å². The van der Waals surface area contributed by atoms with Crippen LogP contribution in [0.1, 0.15) is 16.9 Å². The Morgan fingerprint density at radius 3 is 2.57 bits per heavy atom. The van der Waals surface area contributed by atoms with Gasteiger partial charge in [0.2, 0.25) is 5.91 Å². The van der Waals surface area contributed by atoms with Crippen LogP contribution in [0.2, 0.25) is 0 Å². The van der Waals surface area contributed by atoms with Gasteiger partial charge in [0.15, 0.2) is 0 Å². The Morgan fingerprint density at radius 1 is 1.11 bits per heavy atom. The summed E-state index contributed by atoms with van der Waals surface area (Å²) in [7, 11) is 0. The van der Waals surface area contributed by atoms with Crippen molar-refractivity contribution in [2.75, 3.05) is 0 Å². The molecule has 4 nitrogen and oxygen atoms in total. The fourth-order valence-electron chi connectivity index (χ4n) is 2.44. The molecule has 0 saturated heterocycles. The number of furan rings is 1. The van der Waals surface area contributed by atoms with E-state index in [1.165, 1.54) is 18.3 Å². The molecule has 3 rings (SSSR count). The number of rotatable bonds is 5. The summed E-state index contributed by atoms with van der Waals surface area (Å²) < 4.78 is 44.9. The molecule has 0 fully saturated rings. The number of hydrazone groups is 1. The van der Waals surface area contributed by atoms with Crippen molar-refractivity contribution < 1.29 is 22.4 Å². The van der Waals surface area contributed by atoms with Gasteiger partial charge >= 0.3 is 6.18 Å². The summed E-state index contributed by atoms with van der Waals surface area (Å²) >= 11 is 2.21. The average molecular weight is 498 g/mol. The van der Waals surface area contributed by atoms with Gasteiger partial charge in [0.05, 0.1) is 18.2 Å². The van der Waals surface area contributed by atoms with Crippen LogP contribution in [0.5, 0.6) is 0 Å². The number of nitrogens with zero attached hydrogens (tertiary/aromatic N) is 1. The van der Waals surface area contributed by atoms with Gasteiger partial charge in [-0.15, -0.1) is 0 Å². The van der Waals surface area contributed by atoms with Crippen LogP contribution in [0.4, 0.5) is 13.2 Å². The maximum absolute atomic E-state index is 12.7. The SMILES string of the molecule is O=C(Cc1cccc(C(F)(F)F)c1)N/N=C/c1ccc(-c2ccc(I)cc2)o1. The Labute approximate surface area is 172 Å². The van der Waals surface area contributed by atoms with Crippen LogP contribution in [-0.2, 0) is 17.4 Å². The van der Waals surface area contributed by atoms with Gasteiger partial charge in [0.1, 0.15) is 11.5 Å². The van der Waals surface area contributed by atoms with E-state index in [0.29, 0.717) is 11.5 Å². The average Bonchev–Trinajstić information content (AvgIpc) is 3.11. The van der Waals surface area contributed by atoms with E-state index >= 15 is 0 Å². The van der Waals surface area contributed by atoms with Crippen molar-refractivity contribution in [3.05, 3.63) is 81.1 Å². The minimum atomic E-state index is -4.45. The molecule has 0 atom stereocenters. The molecule has 0 unspecified atom stereocenters. The number of alkyl halides is 3. The van der Waals surface area contributed by atoms with Crippen LogP contribution in [-0.4, -0.2) is 12.1 Å². The molecule has 0 saturated carbocycles. The van der Waals surface area contributed by atoms with Crippen molar-refractivity contribution in [1.29, 1.82) is 0 Å². The minimum absolute atomic E-state index is 0.215. The summed E-state index contributed by atoms with van der Waals surface area (Å²) in [4.78, 5) is 11.9. The van der Waals surface area contributed by atoms with Crippen LogP contribution < -0.4 is 5.43 Å². The Kier molecular flexibility index (Phi) is 6.18. The second kappa shape index (κ2) is 8.59. The van der Waals surface area contributed by atoms with Gasteiger partial charge in [-0.2, -0.15) is 18.3 Å². The standard InChI is InChI=1S/C20H14F3IN2O2/c21-20(22,23)15-3-1-2-13(10-15)11-19(27)26-25-12-17-8-9-18(28-17)14-4-6-16(24)7-5-14/h1-10,12H,11H2,(H,26,27)/b25-12+. The zero-order valence-corrected chi connectivity index (χ0v) is 16.5. The van der Waals surface area contributed by atoms with Crippen molar-refractivity contribution >= 4 is 34.7 Å². The maximum atomic E-state index is 12.7. The van der Waals surface area contributed by atoms with Crippen LogP contribution in [0.25, 0.3) is 11.3 Å². The zero-order valence-electron chi connectivity index (χ0n) is 14.3. The molecule has 1 aromatic heterocycles. The summed E-state index contributed by atoms with van der Waals surface area (Å²) in [6.07, 6.45) is -3.33. The fraction of sp³-hybridized carbons (Fsp3) is 0.100. The van der Waals surface area contributed by atoms with Gasteiger partial charge in [-0.05, 0) is 58.5 Å². The molecule has 8 heteroatoms. The largest absolute Gasteiger partial charge is 0.455 e. The van der Waals surface area contributed by atoms with Crippen LogP contribution in [0.3, 0.4) is 0 Å². The number of hydrogen-bond donors (Lipinski definition) is 1. The lowest BCUT2D eigenvalue weighted by molar-refractivity contribution is -0.137. The normalized spacial score (nSPS) is 11.7. The Morgan fingerprint density at radius 2 is 1.86 bits per heavy atom. The quantitative estimate of drug-likeness (QED) is 0.297.